The molecule has 0 aromatic rings. The zero-order chi connectivity index (χ0) is 18.8. The largest absolute Gasteiger partial charge is 0.460 e. The maximum Gasteiger partial charge on any atom is 0.308 e. The normalized spacial score (nSPS) is 11.3. The molecule has 0 aliphatic rings. The van der Waals surface area contributed by atoms with Gasteiger partial charge < -0.3 is 28.4 Å². The molecule has 0 N–H and O–H groups in total. The smallest absolute Gasteiger partial charge is 0.308 e. The minimum Gasteiger partial charge on any atom is -0.460 e. The van der Waals surface area contributed by atoms with Crippen LogP contribution in [0.1, 0.15) is 27.2 Å². The van der Waals surface area contributed by atoms with Crippen molar-refractivity contribution in [1.29, 1.82) is 0 Å². The van der Waals surface area contributed by atoms with Gasteiger partial charge in [0.15, 0.2) is 0 Å². The van der Waals surface area contributed by atoms with E-state index in [1.807, 2.05) is 20.8 Å². The van der Waals surface area contributed by atoms with Crippen molar-refractivity contribution in [3.05, 3.63) is 0 Å². The fraction of sp³-hybridized carbons (Fsp3) is 0.833. The summed E-state index contributed by atoms with van der Waals surface area (Å²) in [5.41, 5.74) is -0.457. The third-order valence-corrected chi connectivity index (χ3v) is 2.54. The minimum absolute atomic E-state index is 0.244. The van der Waals surface area contributed by atoms with Crippen LogP contribution in [0.15, 0.2) is 0 Å². The zero-order valence-corrected chi connectivity index (χ0v) is 15.7. The van der Waals surface area contributed by atoms with Crippen molar-refractivity contribution in [2.24, 2.45) is 0 Å². The first-order chi connectivity index (χ1) is 12.0. The molecule has 7 nitrogen and oxygen atoms in total. The van der Waals surface area contributed by atoms with E-state index in [0.717, 1.165) is 0 Å². The molecule has 0 fully saturated rings. The number of hydrogen-bond acceptors (Lipinski definition) is 7. The first-order valence-corrected chi connectivity index (χ1v) is 8.49. The monoisotopic (exact) mass is 360 g/mol. The molecule has 0 aliphatic heterocycles. The summed E-state index contributed by atoms with van der Waals surface area (Å²) in [6.45, 7) is 10.0. The van der Waals surface area contributed by atoms with Crippen molar-refractivity contribution in [2.45, 2.75) is 32.8 Å². The van der Waals surface area contributed by atoms with E-state index >= 15 is 0 Å². The number of carbonyl (C=O) groups is 1. The van der Waals surface area contributed by atoms with Crippen LogP contribution in [-0.4, -0.2) is 77.6 Å². The third kappa shape index (κ3) is 20.8. The molecular weight excluding hydrogens is 328 g/mol. The van der Waals surface area contributed by atoms with Gasteiger partial charge in [-0.25, -0.2) is 0 Å². The lowest BCUT2D eigenvalue weighted by Crippen LogP contribution is -2.24. The van der Waals surface area contributed by atoms with Gasteiger partial charge in [0.05, 0.1) is 65.9 Å². The topological polar surface area (TPSA) is 72.5 Å². The highest BCUT2D eigenvalue weighted by molar-refractivity contribution is 5.69. The molecule has 25 heavy (non-hydrogen) atoms. The predicted octanol–water partition coefficient (Wildman–Crippen LogP) is 1.43. The standard InChI is InChI=1S/C18H32O7/c1-5-7-20-9-11-22-13-15-24-16-14-23-12-10-21-8-6-17(19)25-18(2,3)4/h1H,6-16H2,2-4H3. The molecule has 0 spiro atoms. The highest BCUT2D eigenvalue weighted by atomic mass is 16.6. The Bertz CT molecular complexity index is 357. The molecule has 0 aromatic heterocycles. The second kappa shape index (κ2) is 16.3. The van der Waals surface area contributed by atoms with Gasteiger partial charge in [-0.2, -0.15) is 0 Å². The third-order valence-electron chi connectivity index (χ3n) is 2.54. The van der Waals surface area contributed by atoms with Crippen molar-refractivity contribution in [3.8, 4) is 12.3 Å². The summed E-state index contributed by atoms with van der Waals surface area (Å²) in [6, 6.07) is 0. The summed E-state index contributed by atoms with van der Waals surface area (Å²) in [4.78, 5) is 11.4. The molecule has 7 heteroatoms. The van der Waals surface area contributed by atoms with Crippen LogP contribution < -0.4 is 0 Å². The van der Waals surface area contributed by atoms with Crippen molar-refractivity contribution < 1.29 is 33.2 Å². The first-order valence-electron chi connectivity index (χ1n) is 8.49. The molecule has 0 rings (SSSR count). The Labute approximate surface area is 151 Å². The molecule has 0 aliphatic carbocycles. The van der Waals surface area contributed by atoms with Crippen molar-refractivity contribution in [2.75, 3.05) is 66.1 Å². The maximum absolute atomic E-state index is 11.4. The molecular formula is C18H32O7. The highest BCUT2D eigenvalue weighted by Crippen LogP contribution is 2.07. The molecule has 146 valence electrons. The highest BCUT2D eigenvalue weighted by Gasteiger charge is 2.15. The minimum atomic E-state index is -0.457. The Hall–Kier alpha value is -1.17. The second-order valence-electron chi connectivity index (χ2n) is 6.04. The van der Waals surface area contributed by atoms with Crippen LogP contribution >= 0.6 is 0 Å². The first kappa shape index (κ1) is 23.8. The fourth-order valence-electron chi connectivity index (χ4n) is 1.56. The molecule has 0 atom stereocenters. The number of terminal acetylenes is 1. The average Bonchev–Trinajstić information content (AvgIpc) is 2.53. The molecule has 0 unspecified atom stereocenters. The van der Waals surface area contributed by atoms with E-state index in [4.69, 9.17) is 34.8 Å². The number of ether oxygens (including phenoxy) is 6. The van der Waals surface area contributed by atoms with E-state index < -0.39 is 5.60 Å². The Morgan fingerprint density at radius 2 is 1.16 bits per heavy atom. The molecule has 0 saturated carbocycles. The van der Waals surface area contributed by atoms with Gasteiger partial charge in [-0.05, 0) is 20.8 Å². The second-order valence-corrected chi connectivity index (χ2v) is 6.04. The summed E-state index contributed by atoms with van der Waals surface area (Å²) in [5.74, 6) is 2.12. The number of hydrogen-bond donors (Lipinski definition) is 0. The van der Waals surface area contributed by atoms with Gasteiger partial charge in [0.25, 0.3) is 0 Å². The number of rotatable bonds is 16. The lowest BCUT2D eigenvalue weighted by atomic mass is 10.2. The summed E-state index contributed by atoms with van der Waals surface area (Å²) in [6.07, 6.45) is 5.28. The van der Waals surface area contributed by atoms with Crippen LogP contribution in [0, 0.1) is 12.3 Å². The molecule has 0 aromatic carbocycles. The van der Waals surface area contributed by atoms with Crippen LogP contribution in [0.5, 0.6) is 0 Å². The predicted molar refractivity (Wildman–Crippen MR) is 93.4 cm³/mol. The summed E-state index contributed by atoms with van der Waals surface area (Å²) >= 11 is 0. The van der Waals surface area contributed by atoms with E-state index in [9.17, 15) is 4.79 Å². The quantitative estimate of drug-likeness (QED) is 0.234. The average molecular weight is 360 g/mol. The summed E-state index contributed by atoms with van der Waals surface area (Å²) < 4.78 is 31.5. The lowest BCUT2D eigenvalue weighted by Gasteiger charge is -2.19. The van der Waals surface area contributed by atoms with Crippen LogP contribution in [0.25, 0.3) is 0 Å². The van der Waals surface area contributed by atoms with Gasteiger partial charge in [0, 0.05) is 0 Å². The lowest BCUT2D eigenvalue weighted by molar-refractivity contribution is -0.156. The van der Waals surface area contributed by atoms with Gasteiger partial charge in [-0.1, -0.05) is 5.92 Å². The molecule has 0 radical (unpaired) electrons. The summed E-state index contributed by atoms with van der Waals surface area (Å²) in [5, 5.41) is 0. The van der Waals surface area contributed by atoms with Gasteiger partial charge in [-0.3, -0.25) is 4.79 Å². The van der Waals surface area contributed by atoms with Gasteiger partial charge in [0.2, 0.25) is 0 Å². The Balaban J connectivity index is 3.15. The van der Waals surface area contributed by atoms with Crippen molar-refractivity contribution >= 4 is 5.97 Å². The Morgan fingerprint density at radius 1 is 0.760 bits per heavy atom. The Kier molecular flexibility index (Phi) is 15.5. The van der Waals surface area contributed by atoms with Crippen LogP contribution in [0.4, 0.5) is 0 Å². The zero-order valence-electron chi connectivity index (χ0n) is 15.7. The van der Waals surface area contributed by atoms with Gasteiger partial charge in [0.1, 0.15) is 12.2 Å². The molecule has 0 heterocycles. The van der Waals surface area contributed by atoms with Crippen LogP contribution in [-0.2, 0) is 33.2 Å². The van der Waals surface area contributed by atoms with Crippen LogP contribution in [0.3, 0.4) is 0 Å². The van der Waals surface area contributed by atoms with Crippen molar-refractivity contribution in [3.63, 3.8) is 0 Å². The Morgan fingerprint density at radius 3 is 1.56 bits per heavy atom. The maximum atomic E-state index is 11.4. The van der Waals surface area contributed by atoms with Gasteiger partial charge in [-0.15, -0.1) is 6.42 Å². The molecule has 0 saturated heterocycles. The van der Waals surface area contributed by atoms with E-state index in [-0.39, 0.29) is 12.4 Å². The number of carbonyl (C=O) groups excluding carboxylic acids is 1. The fourth-order valence-corrected chi connectivity index (χ4v) is 1.56. The van der Waals surface area contributed by atoms with E-state index in [1.54, 1.807) is 0 Å². The van der Waals surface area contributed by atoms with E-state index in [2.05, 4.69) is 5.92 Å². The van der Waals surface area contributed by atoms with Gasteiger partial charge >= 0.3 is 5.97 Å². The SMILES string of the molecule is C#CCOCCOCCOCCOCCOCCC(=O)OC(C)(C)C. The molecule has 0 bridgehead atoms. The number of esters is 1. The van der Waals surface area contributed by atoms with E-state index in [0.29, 0.717) is 66.1 Å². The van der Waals surface area contributed by atoms with Crippen molar-refractivity contribution in [1.82, 2.24) is 0 Å². The summed E-state index contributed by atoms with van der Waals surface area (Å²) in [7, 11) is 0. The van der Waals surface area contributed by atoms with Crippen LogP contribution in [0.2, 0.25) is 0 Å². The van der Waals surface area contributed by atoms with E-state index in [1.165, 1.54) is 0 Å². The molecule has 0 amide bonds.